The van der Waals surface area contributed by atoms with Crippen LogP contribution in [0.5, 0.6) is 0 Å². The Kier molecular flexibility index (Phi) is 13.6. The van der Waals surface area contributed by atoms with Gasteiger partial charge in [-0.3, -0.25) is 4.98 Å². The van der Waals surface area contributed by atoms with Crippen LogP contribution >= 0.6 is 0 Å². The molecule has 1 aliphatic heterocycles. The largest absolute Gasteiger partial charge is 0.444 e. The first kappa shape index (κ1) is 38.1. The van der Waals surface area contributed by atoms with Gasteiger partial charge in [0.2, 0.25) is 0 Å². The van der Waals surface area contributed by atoms with Gasteiger partial charge in [0.05, 0.1) is 58.9 Å². The lowest BCUT2D eigenvalue weighted by Crippen LogP contribution is -2.53. The van der Waals surface area contributed by atoms with Gasteiger partial charge in [0.15, 0.2) is 0 Å². The second-order valence-corrected chi connectivity index (χ2v) is 14.7. The van der Waals surface area contributed by atoms with E-state index in [1.165, 1.54) is 10.8 Å². The second kappa shape index (κ2) is 18.9. The monoisotopic (exact) mass is 716 g/mol. The molecule has 1 fully saturated rings. The fourth-order valence-corrected chi connectivity index (χ4v) is 6.79. The zero-order valence-electron chi connectivity index (χ0n) is 31.2. The highest BCUT2D eigenvalue weighted by Gasteiger charge is 2.41. The molecule has 1 saturated heterocycles. The fourth-order valence-electron chi connectivity index (χ4n) is 6.79. The molecule has 3 unspecified atom stereocenters. The number of carbonyl (C=O) groups is 1. The van der Waals surface area contributed by atoms with Crippen LogP contribution in [0.15, 0.2) is 122 Å². The highest BCUT2D eigenvalue weighted by molar-refractivity contribution is 5.82. The van der Waals surface area contributed by atoms with Crippen LogP contribution in [0.25, 0.3) is 10.8 Å². The van der Waals surface area contributed by atoms with E-state index in [0.29, 0.717) is 59.3 Å². The van der Waals surface area contributed by atoms with Crippen molar-refractivity contribution in [1.29, 1.82) is 0 Å². The number of amides is 1. The van der Waals surface area contributed by atoms with E-state index < -0.39 is 5.60 Å². The molecule has 4 aromatic carbocycles. The molecule has 0 aliphatic carbocycles. The average Bonchev–Trinajstić information content (AvgIpc) is 3.17. The molecule has 8 nitrogen and oxygen atoms in total. The molecular weight excluding hydrogens is 665 g/mol. The summed E-state index contributed by atoms with van der Waals surface area (Å²) < 4.78 is 30.8. The van der Waals surface area contributed by atoms with Crippen LogP contribution in [0.4, 0.5) is 4.79 Å². The van der Waals surface area contributed by atoms with Crippen molar-refractivity contribution in [3.8, 4) is 0 Å². The van der Waals surface area contributed by atoms with Gasteiger partial charge in [0.1, 0.15) is 5.60 Å². The zero-order chi connectivity index (χ0) is 36.9. The van der Waals surface area contributed by atoms with Crippen LogP contribution in [0.2, 0.25) is 0 Å². The van der Waals surface area contributed by atoms with Crippen molar-refractivity contribution >= 4 is 16.9 Å². The fraction of sp³-hybridized carbons (Fsp3) is 0.378. The van der Waals surface area contributed by atoms with Crippen molar-refractivity contribution in [2.24, 2.45) is 5.92 Å². The van der Waals surface area contributed by atoms with Crippen LogP contribution in [-0.4, -0.2) is 67.2 Å². The minimum Gasteiger partial charge on any atom is -0.444 e. The van der Waals surface area contributed by atoms with Crippen LogP contribution in [0.1, 0.15) is 54.5 Å². The standard InChI is InChI=1S/C45H52N2O6/c1-45(2,3)53-44(48)47-28-41(33-49-23-21-34-12-9-22-46-27-34)43(42(29-47)52-32-37-17-18-38-13-7-8-14-40(38)26-37)39-19-15-36(16-20-39)31-51-25-24-50-30-35-10-5-4-6-11-35/h4-20,22,26-27,41-43H,21,23-25,28-33H2,1-3H3. The summed E-state index contributed by atoms with van der Waals surface area (Å²) in [6.45, 7) is 10.1. The Hall–Kier alpha value is -4.60. The van der Waals surface area contributed by atoms with E-state index in [1.807, 2.05) is 57.3 Å². The molecule has 0 spiro atoms. The summed E-state index contributed by atoms with van der Waals surface area (Å²) in [4.78, 5) is 19.6. The third-order valence-corrected chi connectivity index (χ3v) is 9.40. The number of pyridine rings is 1. The molecule has 3 atom stereocenters. The Labute approximate surface area is 314 Å². The molecule has 6 rings (SSSR count). The van der Waals surface area contributed by atoms with Gasteiger partial charge in [0.25, 0.3) is 0 Å². The first-order chi connectivity index (χ1) is 25.8. The van der Waals surface area contributed by atoms with Crippen LogP contribution in [-0.2, 0) is 49.9 Å². The van der Waals surface area contributed by atoms with Gasteiger partial charge in [-0.1, -0.05) is 97.1 Å². The molecule has 1 amide bonds. The molecule has 0 N–H and O–H groups in total. The lowest BCUT2D eigenvalue weighted by molar-refractivity contribution is -0.0660. The Balaban J connectivity index is 1.16. The first-order valence-corrected chi connectivity index (χ1v) is 18.6. The Morgan fingerprint density at radius 3 is 2.09 bits per heavy atom. The lowest BCUT2D eigenvalue weighted by atomic mass is 9.78. The molecule has 0 radical (unpaired) electrons. The van der Waals surface area contributed by atoms with E-state index >= 15 is 0 Å². The predicted octanol–water partition coefficient (Wildman–Crippen LogP) is 8.76. The highest BCUT2D eigenvalue weighted by atomic mass is 16.6. The summed E-state index contributed by atoms with van der Waals surface area (Å²) in [6, 6.07) is 37.5. The Morgan fingerprint density at radius 2 is 1.38 bits per heavy atom. The smallest absolute Gasteiger partial charge is 0.410 e. The van der Waals surface area contributed by atoms with E-state index in [9.17, 15) is 4.79 Å². The van der Waals surface area contributed by atoms with Crippen LogP contribution < -0.4 is 0 Å². The number of hydrogen-bond acceptors (Lipinski definition) is 7. The van der Waals surface area contributed by atoms with Crippen molar-refractivity contribution in [3.63, 3.8) is 0 Å². The summed E-state index contributed by atoms with van der Waals surface area (Å²) >= 11 is 0. The number of carbonyl (C=O) groups excluding carboxylic acids is 1. The highest BCUT2D eigenvalue weighted by Crippen LogP contribution is 2.37. The zero-order valence-corrected chi connectivity index (χ0v) is 31.2. The van der Waals surface area contributed by atoms with Gasteiger partial charge in [-0.15, -0.1) is 0 Å². The number of likely N-dealkylation sites (tertiary alicyclic amines) is 1. The van der Waals surface area contributed by atoms with Crippen molar-refractivity contribution in [2.45, 2.75) is 64.6 Å². The first-order valence-electron chi connectivity index (χ1n) is 18.6. The van der Waals surface area contributed by atoms with E-state index in [0.717, 1.165) is 34.2 Å². The molecule has 53 heavy (non-hydrogen) atoms. The summed E-state index contributed by atoms with van der Waals surface area (Å²) in [7, 11) is 0. The number of nitrogens with zero attached hydrogens (tertiary/aromatic N) is 2. The quantitative estimate of drug-likeness (QED) is 0.0945. The van der Waals surface area contributed by atoms with Gasteiger partial charge >= 0.3 is 6.09 Å². The predicted molar refractivity (Wildman–Crippen MR) is 208 cm³/mol. The molecule has 0 bridgehead atoms. The Bertz CT molecular complexity index is 1840. The maximum absolute atomic E-state index is 13.5. The van der Waals surface area contributed by atoms with Crippen molar-refractivity contribution in [2.75, 3.05) is 39.5 Å². The molecule has 0 saturated carbocycles. The Morgan fingerprint density at radius 1 is 0.698 bits per heavy atom. The normalized spacial score (nSPS) is 17.6. The molecule has 5 aromatic rings. The third-order valence-electron chi connectivity index (χ3n) is 9.40. The molecule has 278 valence electrons. The summed E-state index contributed by atoms with van der Waals surface area (Å²) in [5, 5.41) is 2.36. The van der Waals surface area contributed by atoms with E-state index in [2.05, 4.69) is 83.8 Å². The maximum atomic E-state index is 13.5. The minimum absolute atomic E-state index is 0.0195. The average molecular weight is 717 g/mol. The number of piperidine rings is 1. The van der Waals surface area contributed by atoms with Gasteiger partial charge in [-0.2, -0.15) is 0 Å². The number of benzene rings is 4. The van der Waals surface area contributed by atoms with E-state index in [-0.39, 0.29) is 24.0 Å². The van der Waals surface area contributed by atoms with Gasteiger partial charge in [0, 0.05) is 30.8 Å². The second-order valence-electron chi connectivity index (χ2n) is 14.7. The van der Waals surface area contributed by atoms with Crippen molar-refractivity contribution < 1.29 is 28.5 Å². The molecule has 1 aliphatic rings. The van der Waals surface area contributed by atoms with Gasteiger partial charge in [-0.05, 0) is 77.9 Å². The number of aromatic nitrogens is 1. The van der Waals surface area contributed by atoms with Crippen LogP contribution in [0.3, 0.4) is 0 Å². The number of hydrogen-bond donors (Lipinski definition) is 0. The van der Waals surface area contributed by atoms with E-state index in [4.69, 9.17) is 23.7 Å². The summed E-state index contributed by atoms with van der Waals surface area (Å²) in [5.41, 5.74) is 4.98. The minimum atomic E-state index is -0.614. The topological polar surface area (TPSA) is 79.4 Å². The van der Waals surface area contributed by atoms with Gasteiger partial charge in [-0.25, -0.2) is 4.79 Å². The van der Waals surface area contributed by atoms with Crippen molar-refractivity contribution in [1.82, 2.24) is 9.88 Å². The summed E-state index contributed by atoms with van der Waals surface area (Å²) in [5.74, 6) is -0.0514. The lowest BCUT2D eigenvalue weighted by Gasteiger charge is -2.44. The third kappa shape index (κ3) is 11.7. The van der Waals surface area contributed by atoms with Gasteiger partial charge < -0.3 is 28.6 Å². The SMILES string of the molecule is CC(C)(C)OC(=O)N1CC(COCCc2cccnc2)C(c2ccc(COCCOCc3ccccc3)cc2)C(OCc2ccc3ccccc3c2)C1. The molecule has 2 heterocycles. The molecule has 8 heteroatoms. The number of fused-ring (bicyclic) bond motifs is 1. The maximum Gasteiger partial charge on any atom is 0.410 e. The number of ether oxygens (including phenoxy) is 5. The van der Waals surface area contributed by atoms with Crippen molar-refractivity contribution in [3.05, 3.63) is 149 Å². The molecule has 1 aromatic heterocycles. The number of rotatable bonds is 16. The van der Waals surface area contributed by atoms with E-state index in [1.54, 1.807) is 11.1 Å². The molecular formula is C45H52N2O6. The summed E-state index contributed by atoms with van der Waals surface area (Å²) in [6.07, 6.45) is 3.78. The van der Waals surface area contributed by atoms with Crippen LogP contribution in [0, 0.1) is 5.92 Å².